The molecule has 0 heterocycles. The van der Waals surface area contributed by atoms with Gasteiger partial charge in [-0.25, -0.2) is 0 Å². The van der Waals surface area contributed by atoms with E-state index in [-0.39, 0.29) is 18.4 Å². The van der Waals surface area contributed by atoms with Crippen LogP contribution < -0.4 is 5.32 Å². The zero-order chi connectivity index (χ0) is 13.1. The van der Waals surface area contributed by atoms with Crippen LogP contribution in [-0.2, 0) is 4.79 Å². The quantitative estimate of drug-likeness (QED) is 0.780. The lowest BCUT2D eigenvalue weighted by Crippen LogP contribution is -2.14. The topological polar surface area (TPSA) is 49.3 Å². The van der Waals surface area contributed by atoms with Gasteiger partial charge in [-0.3, -0.25) is 4.79 Å². The normalized spacial score (nSPS) is 20.8. The first-order valence-corrected chi connectivity index (χ1v) is 6.13. The number of rotatable bonds is 2. The molecule has 0 aliphatic heterocycles. The minimum absolute atomic E-state index is 0.0902. The molecule has 1 saturated carbocycles. The number of amides is 1. The average Bonchev–Trinajstić information content (AvgIpc) is 3.07. The van der Waals surface area contributed by atoms with Gasteiger partial charge in [-0.1, -0.05) is 24.8 Å². The van der Waals surface area contributed by atoms with Crippen molar-refractivity contribution in [3.8, 4) is 11.8 Å². The van der Waals surface area contributed by atoms with Crippen molar-refractivity contribution < 1.29 is 9.90 Å². The van der Waals surface area contributed by atoms with E-state index in [1.807, 2.05) is 25.1 Å². The molecule has 1 aliphatic rings. The van der Waals surface area contributed by atoms with Gasteiger partial charge in [0.1, 0.15) is 6.61 Å². The smallest absolute Gasteiger partial charge is 0.227 e. The van der Waals surface area contributed by atoms with Crippen molar-refractivity contribution in [2.24, 2.45) is 11.8 Å². The highest BCUT2D eigenvalue weighted by Crippen LogP contribution is 2.38. The predicted molar refractivity (Wildman–Crippen MR) is 71.0 cm³/mol. The second kappa shape index (κ2) is 5.24. The summed E-state index contributed by atoms with van der Waals surface area (Å²) in [5.41, 5.74) is 2.64. The van der Waals surface area contributed by atoms with E-state index in [4.69, 9.17) is 5.11 Å². The van der Waals surface area contributed by atoms with E-state index < -0.39 is 0 Å². The van der Waals surface area contributed by atoms with E-state index in [0.29, 0.717) is 5.92 Å². The molecule has 0 radical (unpaired) electrons. The SMILES string of the molecule is Cc1ccc(NC(=O)C2CC2C)cc1C#CCO. The standard InChI is InChI=1S/C15H17NO2/c1-10-5-6-13(9-12(10)4-3-7-17)16-15(18)14-8-11(14)2/h5-6,9,11,14,17H,7-8H2,1-2H3,(H,16,18). The summed E-state index contributed by atoms with van der Waals surface area (Å²) < 4.78 is 0. The molecule has 3 nitrogen and oxygen atoms in total. The fraction of sp³-hybridized carbons (Fsp3) is 0.400. The molecular formula is C15H17NO2. The van der Waals surface area contributed by atoms with Crippen LogP contribution in [0.5, 0.6) is 0 Å². The van der Waals surface area contributed by atoms with Gasteiger partial charge in [0.25, 0.3) is 0 Å². The summed E-state index contributed by atoms with van der Waals surface area (Å²) in [4.78, 5) is 11.8. The Bertz CT molecular complexity index is 525. The zero-order valence-electron chi connectivity index (χ0n) is 10.7. The van der Waals surface area contributed by atoms with Gasteiger partial charge in [0.2, 0.25) is 5.91 Å². The number of hydrogen-bond acceptors (Lipinski definition) is 2. The molecule has 3 heteroatoms. The molecule has 2 N–H and O–H groups in total. The highest BCUT2D eigenvalue weighted by atomic mass is 16.2. The van der Waals surface area contributed by atoms with Crippen LogP contribution in [0.1, 0.15) is 24.5 Å². The summed E-state index contributed by atoms with van der Waals surface area (Å²) in [5.74, 6) is 6.26. The predicted octanol–water partition coefficient (Wildman–Crippen LogP) is 1.93. The van der Waals surface area contributed by atoms with Gasteiger partial charge in [0.15, 0.2) is 0 Å². The number of aryl methyl sites for hydroxylation is 1. The fourth-order valence-corrected chi connectivity index (χ4v) is 1.89. The van der Waals surface area contributed by atoms with Crippen molar-refractivity contribution >= 4 is 11.6 Å². The van der Waals surface area contributed by atoms with Crippen LogP contribution in [0.4, 0.5) is 5.69 Å². The summed E-state index contributed by atoms with van der Waals surface area (Å²) in [6.45, 7) is 3.88. The maximum atomic E-state index is 11.8. The van der Waals surface area contributed by atoms with Crippen molar-refractivity contribution in [3.63, 3.8) is 0 Å². The molecule has 1 aromatic carbocycles. The Morgan fingerprint density at radius 1 is 1.56 bits per heavy atom. The first-order chi connectivity index (χ1) is 8.61. The molecule has 0 aromatic heterocycles. The van der Waals surface area contributed by atoms with Crippen LogP contribution in [0.3, 0.4) is 0 Å². The number of hydrogen-bond donors (Lipinski definition) is 2. The molecule has 94 valence electrons. The van der Waals surface area contributed by atoms with Gasteiger partial charge in [-0.15, -0.1) is 0 Å². The summed E-state index contributed by atoms with van der Waals surface area (Å²) >= 11 is 0. The van der Waals surface area contributed by atoms with Crippen molar-refractivity contribution in [2.45, 2.75) is 20.3 Å². The summed E-state index contributed by atoms with van der Waals surface area (Å²) in [5, 5.41) is 11.6. The largest absolute Gasteiger partial charge is 0.384 e. The number of carbonyl (C=O) groups is 1. The lowest BCUT2D eigenvalue weighted by molar-refractivity contribution is -0.117. The van der Waals surface area contributed by atoms with Crippen LogP contribution in [0.25, 0.3) is 0 Å². The second-order valence-corrected chi connectivity index (χ2v) is 4.80. The summed E-state index contributed by atoms with van der Waals surface area (Å²) in [6, 6.07) is 5.65. The fourth-order valence-electron chi connectivity index (χ4n) is 1.89. The van der Waals surface area contributed by atoms with Crippen molar-refractivity contribution in [1.82, 2.24) is 0 Å². The molecule has 2 atom stereocenters. The van der Waals surface area contributed by atoms with Crippen molar-refractivity contribution in [1.29, 1.82) is 0 Å². The number of benzene rings is 1. The molecule has 2 unspecified atom stereocenters. The van der Waals surface area contributed by atoms with E-state index in [1.54, 1.807) is 0 Å². The molecule has 1 amide bonds. The Kier molecular flexibility index (Phi) is 3.69. The van der Waals surface area contributed by atoms with Gasteiger partial charge in [-0.05, 0) is 37.0 Å². The Hall–Kier alpha value is -1.79. The molecule has 0 bridgehead atoms. The van der Waals surface area contributed by atoms with Crippen LogP contribution in [-0.4, -0.2) is 17.6 Å². The van der Waals surface area contributed by atoms with Gasteiger partial charge < -0.3 is 10.4 Å². The van der Waals surface area contributed by atoms with Gasteiger partial charge >= 0.3 is 0 Å². The van der Waals surface area contributed by atoms with E-state index in [1.165, 1.54) is 0 Å². The minimum atomic E-state index is -0.157. The van der Waals surface area contributed by atoms with E-state index >= 15 is 0 Å². The third-order valence-corrected chi connectivity index (χ3v) is 3.25. The number of nitrogens with one attached hydrogen (secondary N) is 1. The maximum Gasteiger partial charge on any atom is 0.227 e. The van der Waals surface area contributed by atoms with Crippen molar-refractivity contribution in [2.75, 3.05) is 11.9 Å². The Balaban J connectivity index is 2.11. The molecule has 0 spiro atoms. The first-order valence-electron chi connectivity index (χ1n) is 6.13. The average molecular weight is 243 g/mol. The minimum Gasteiger partial charge on any atom is -0.384 e. The number of aliphatic hydroxyl groups is 1. The Labute approximate surface area is 107 Å². The first kappa shape index (κ1) is 12.7. The van der Waals surface area contributed by atoms with Crippen LogP contribution in [0.2, 0.25) is 0 Å². The third kappa shape index (κ3) is 2.91. The molecule has 18 heavy (non-hydrogen) atoms. The van der Waals surface area contributed by atoms with Gasteiger partial charge in [-0.2, -0.15) is 0 Å². The molecule has 0 saturated heterocycles. The van der Waals surface area contributed by atoms with Crippen LogP contribution in [0, 0.1) is 30.6 Å². The third-order valence-electron chi connectivity index (χ3n) is 3.25. The molecule has 1 aromatic rings. The Morgan fingerprint density at radius 2 is 2.28 bits per heavy atom. The van der Waals surface area contributed by atoms with Gasteiger partial charge in [0.05, 0.1) is 0 Å². The van der Waals surface area contributed by atoms with Crippen LogP contribution in [0.15, 0.2) is 18.2 Å². The van der Waals surface area contributed by atoms with E-state index in [9.17, 15) is 4.79 Å². The monoisotopic (exact) mass is 243 g/mol. The van der Waals surface area contributed by atoms with Gasteiger partial charge in [0, 0.05) is 17.2 Å². The molecule has 2 rings (SSSR count). The number of aliphatic hydroxyl groups excluding tert-OH is 1. The van der Waals surface area contributed by atoms with E-state index in [2.05, 4.69) is 24.1 Å². The van der Waals surface area contributed by atoms with E-state index in [0.717, 1.165) is 23.2 Å². The number of anilines is 1. The lowest BCUT2D eigenvalue weighted by Gasteiger charge is -2.06. The zero-order valence-corrected chi connectivity index (χ0v) is 10.7. The van der Waals surface area contributed by atoms with Crippen LogP contribution >= 0.6 is 0 Å². The Morgan fingerprint density at radius 3 is 2.89 bits per heavy atom. The highest BCUT2D eigenvalue weighted by Gasteiger charge is 2.39. The lowest BCUT2D eigenvalue weighted by atomic mass is 10.1. The number of carbonyl (C=O) groups excluding carboxylic acids is 1. The maximum absolute atomic E-state index is 11.8. The second-order valence-electron chi connectivity index (χ2n) is 4.80. The van der Waals surface area contributed by atoms with Crippen molar-refractivity contribution in [3.05, 3.63) is 29.3 Å². The summed E-state index contributed by atoms with van der Waals surface area (Å²) in [7, 11) is 0. The molecular weight excluding hydrogens is 226 g/mol. The molecule has 1 fully saturated rings. The highest BCUT2D eigenvalue weighted by molar-refractivity contribution is 5.94. The summed E-state index contributed by atoms with van der Waals surface area (Å²) in [6.07, 6.45) is 0.981. The molecule has 1 aliphatic carbocycles.